The summed E-state index contributed by atoms with van der Waals surface area (Å²) in [6, 6.07) is 0.968. The van der Waals surface area contributed by atoms with Gasteiger partial charge in [0, 0.05) is 6.07 Å². The smallest absolute Gasteiger partial charge is 0.341 e. The van der Waals surface area contributed by atoms with Crippen LogP contribution in [0, 0.1) is 17.5 Å². The third kappa shape index (κ3) is 2.98. The molecule has 5 heteroatoms. The Balaban J connectivity index is 3.09. The van der Waals surface area contributed by atoms with Crippen molar-refractivity contribution >= 4 is 5.97 Å². The molecule has 0 radical (unpaired) electrons. The maximum atomic E-state index is 13.2. The molecule has 0 heterocycles. The molecule has 0 spiro atoms. The number of ether oxygens (including phenoxy) is 1. The van der Waals surface area contributed by atoms with Crippen LogP contribution in [0.5, 0.6) is 0 Å². The van der Waals surface area contributed by atoms with Gasteiger partial charge in [-0.25, -0.2) is 18.0 Å². The molecule has 0 fully saturated rings. The Morgan fingerprint density at radius 1 is 1.19 bits per heavy atom. The van der Waals surface area contributed by atoms with Crippen molar-refractivity contribution in [3.05, 3.63) is 35.1 Å². The van der Waals surface area contributed by atoms with Gasteiger partial charge in [0.25, 0.3) is 0 Å². The van der Waals surface area contributed by atoms with Crippen molar-refractivity contribution in [3.8, 4) is 0 Å². The third-order valence-corrected chi connectivity index (χ3v) is 1.61. The van der Waals surface area contributed by atoms with Crippen molar-refractivity contribution < 1.29 is 22.7 Å². The molecule has 0 atom stereocenters. The van der Waals surface area contributed by atoms with Crippen LogP contribution in [-0.4, -0.2) is 11.6 Å². The van der Waals surface area contributed by atoms with Gasteiger partial charge in [0.1, 0.15) is 17.0 Å². The van der Waals surface area contributed by atoms with Gasteiger partial charge in [-0.1, -0.05) is 0 Å². The van der Waals surface area contributed by atoms with Crippen LogP contribution in [0.3, 0.4) is 0 Å². The number of carbonyl (C=O) groups is 1. The zero-order valence-electron chi connectivity index (χ0n) is 9.11. The molecule has 0 unspecified atom stereocenters. The van der Waals surface area contributed by atoms with Crippen LogP contribution in [0.2, 0.25) is 0 Å². The molecular weight excluding hydrogens is 221 g/mol. The average Bonchev–Trinajstić information content (AvgIpc) is 2.08. The Bertz CT molecular complexity index is 422. The number of halogens is 3. The van der Waals surface area contributed by atoms with Gasteiger partial charge >= 0.3 is 5.97 Å². The summed E-state index contributed by atoms with van der Waals surface area (Å²) in [6.07, 6.45) is 0. The van der Waals surface area contributed by atoms with E-state index < -0.39 is 34.6 Å². The quantitative estimate of drug-likeness (QED) is 0.549. The predicted octanol–water partition coefficient (Wildman–Crippen LogP) is 3.06. The van der Waals surface area contributed by atoms with Crippen molar-refractivity contribution in [2.75, 3.05) is 0 Å². The summed E-state index contributed by atoms with van der Waals surface area (Å²) in [7, 11) is 0. The lowest BCUT2D eigenvalue weighted by Crippen LogP contribution is -2.24. The van der Waals surface area contributed by atoms with E-state index in [0.717, 1.165) is 0 Å². The molecule has 0 amide bonds. The van der Waals surface area contributed by atoms with Crippen molar-refractivity contribution in [1.82, 2.24) is 0 Å². The minimum atomic E-state index is -1.42. The van der Waals surface area contributed by atoms with E-state index in [2.05, 4.69) is 0 Å². The van der Waals surface area contributed by atoms with Gasteiger partial charge in [0.15, 0.2) is 11.6 Å². The Labute approximate surface area is 91.0 Å². The molecule has 2 nitrogen and oxygen atoms in total. The van der Waals surface area contributed by atoms with E-state index in [1.54, 1.807) is 20.8 Å². The molecule has 0 N–H and O–H groups in total. The predicted molar refractivity (Wildman–Crippen MR) is 51.5 cm³/mol. The van der Waals surface area contributed by atoms with Crippen LogP contribution in [0.25, 0.3) is 0 Å². The Morgan fingerprint density at radius 3 is 2.25 bits per heavy atom. The van der Waals surface area contributed by atoms with Crippen LogP contribution in [0.4, 0.5) is 13.2 Å². The van der Waals surface area contributed by atoms with E-state index in [4.69, 9.17) is 4.74 Å². The number of rotatable bonds is 1. The molecule has 88 valence electrons. The molecule has 1 aromatic rings. The minimum absolute atomic E-state index is 0.364. The standard InChI is InChI=1S/C11H11F3O2/c1-11(2,3)16-10(15)7-4-6(12)5-8(13)9(7)14/h4-5H,1-3H3. The van der Waals surface area contributed by atoms with Gasteiger partial charge < -0.3 is 4.74 Å². The maximum Gasteiger partial charge on any atom is 0.341 e. The number of carbonyl (C=O) groups excluding carboxylic acids is 1. The van der Waals surface area contributed by atoms with Crippen LogP contribution < -0.4 is 0 Å². The summed E-state index contributed by atoms with van der Waals surface area (Å²) >= 11 is 0. The number of hydrogen-bond acceptors (Lipinski definition) is 2. The largest absolute Gasteiger partial charge is 0.456 e. The molecule has 0 saturated heterocycles. The number of benzene rings is 1. The fourth-order valence-electron chi connectivity index (χ4n) is 1.04. The summed E-state index contributed by atoms with van der Waals surface area (Å²) in [4.78, 5) is 11.4. The lowest BCUT2D eigenvalue weighted by molar-refractivity contribution is 0.00630. The van der Waals surface area contributed by atoms with Crippen LogP contribution in [0.15, 0.2) is 12.1 Å². The summed E-state index contributed by atoms with van der Waals surface area (Å²) in [5.74, 6) is -4.94. The molecule has 1 rings (SSSR count). The van der Waals surface area contributed by atoms with E-state index in [-0.39, 0.29) is 0 Å². The topological polar surface area (TPSA) is 26.3 Å². The number of hydrogen-bond donors (Lipinski definition) is 0. The van der Waals surface area contributed by atoms with Crippen molar-refractivity contribution in [3.63, 3.8) is 0 Å². The normalized spacial score (nSPS) is 11.4. The molecule has 0 aliphatic rings. The first kappa shape index (κ1) is 12.5. The average molecular weight is 232 g/mol. The lowest BCUT2D eigenvalue weighted by Gasteiger charge is -2.19. The van der Waals surface area contributed by atoms with Crippen LogP contribution in [0.1, 0.15) is 31.1 Å². The van der Waals surface area contributed by atoms with Gasteiger partial charge in [-0.3, -0.25) is 0 Å². The molecule has 0 aliphatic heterocycles. The fraction of sp³-hybridized carbons (Fsp3) is 0.364. The Kier molecular flexibility index (Phi) is 3.26. The first-order valence-corrected chi connectivity index (χ1v) is 4.58. The second-order valence-corrected chi connectivity index (χ2v) is 4.25. The zero-order valence-corrected chi connectivity index (χ0v) is 9.11. The van der Waals surface area contributed by atoms with E-state index in [1.165, 1.54) is 0 Å². The van der Waals surface area contributed by atoms with Crippen LogP contribution >= 0.6 is 0 Å². The maximum absolute atomic E-state index is 13.2. The highest BCUT2D eigenvalue weighted by atomic mass is 19.2. The first-order valence-electron chi connectivity index (χ1n) is 4.58. The first-order chi connectivity index (χ1) is 7.20. The van der Waals surface area contributed by atoms with Gasteiger partial charge in [-0.05, 0) is 26.8 Å². The molecule has 0 aliphatic carbocycles. The SMILES string of the molecule is CC(C)(C)OC(=O)c1cc(F)cc(F)c1F. The summed E-state index contributed by atoms with van der Waals surface area (Å²) in [5.41, 5.74) is -1.60. The Hall–Kier alpha value is -1.52. The van der Waals surface area contributed by atoms with E-state index in [9.17, 15) is 18.0 Å². The summed E-state index contributed by atoms with van der Waals surface area (Å²) < 4.78 is 43.6. The van der Waals surface area contributed by atoms with Gasteiger partial charge in [-0.15, -0.1) is 0 Å². The highest BCUT2D eigenvalue weighted by Crippen LogP contribution is 2.18. The number of esters is 1. The van der Waals surface area contributed by atoms with Crippen molar-refractivity contribution in [1.29, 1.82) is 0 Å². The fourth-order valence-corrected chi connectivity index (χ4v) is 1.04. The molecule has 16 heavy (non-hydrogen) atoms. The minimum Gasteiger partial charge on any atom is -0.456 e. The van der Waals surface area contributed by atoms with Crippen molar-refractivity contribution in [2.45, 2.75) is 26.4 Å². The highest BCUT2D eigenvalue weighted by molar-refractivity contribution is 5.90. The third-order valence-electron chi connectivity index (χ3n) is 1.61. The van der Waals surface area contributed by atoms with Gasteiger partial charge in [0.05, 0.1) is 0 Å². The lowest BCUT2D eigenvalue weighted by atomic mass is 10.1. The van der Waals surface area contributed by atoms with Gasteiger partial charge in [0.2, 0.25) is 0 Å². The van der Waals surface area contributed by atoms with E-state index in [0.29, 0.717) is 12.1 Å². The Morgan fingerprint density at radius 2 is 1.75 bits per heavy atom. The monoisotopic (exact) mass is 232 g/mol. The highest BCUT2D eigenvalue weighted by Gasteiger charge is 2.23. The second kappa shape index (κ2) is 4.15. The molecular formula is C11H11F3O2. The second-order valence-electron chi connectivity index (χ2n) is 4.25. The molecule has 0 saturated carbocycles. The zero-order chi connectivity index (χ0) is 12.5. The summed E-state index contributed by atoms with van der Waals surface area (Å²) in [5, 5.41) is 0. The molecule has 1 aromatic carbocycles. The van der Waals surface area contributed by atoms with E-state index >= 15 is 0 Å². The summed E-state index contributed by atoms with van der Waals surface area (Å²) in [6.45, 7) is 4.70. The van der Waals surface area contributed by atoms with Gasteiger partial charge in [-0.2, -0.15) is 0 Å². The molecule has 0 bridgehead atoms. The van der Waals surface area contributed by atoms with E-state index in [1.807, 2.05) is 0 Å². The van der Waals surface area contributed by atoms with Crippen molar-refractivity contribution in [2.24, 2.45) is 0 Å². The van der Waals surface area contributed by atoms with Crippen LogP contribution in [-0.2, 0) is 4.74 Å². The molecule has 0 aromatic heterocycles.